The molecule has 1 aliphatic heterocycles. The number of aromatic nitrogens is 2. The van der Waals surface area contributed by atoms with Crippen LogP contribution in [0.4, 0.5) is 11.5 Å². The topological polar surface area (TPSA) is 55.0 Å². The quantitative estimate of drug-likeness (QED) is 0.822. The Bertz CT molecular complexity index is 567. The van der Waals surface area contributed by atoms with Crippen LogP contribution >= 0.6 is 0 Å². The van der Waals surface area contributed by atoms with Crippen molar-refractivity contribution >= 4 is 22.4 Å². The minimum absolute atomic E-state index is 0.601. The molecule has 0 bridgehead atoms. The van der Waals surface area contributed by atoms with Crippen LogP contribution in [0.1, 0.15) is 26.2 Å². The molecule has 0 spiro atoms. The SMILES string of the molecule is CCC1CCCN1c1ncnc2ccc(N)cc12. The van der Waals surface area contributed by atoms with Gasteiger partial charge in [-0.25, -0.2) is 9.97 Å². The van der Waals surface area contributed by atoms with Crippen molar-refractivity contribution in [2.24, 2.45) is 0 Å². The number of hydrogen-bond donors (Lipinski definition) is 1. The summed E-state index contributed by atoms with van der Waals surface area (Å²) in [4.78, 5) is 11.2. The molecule has 4 heteroatoms. The van der Waals surface area contributed by atoms with E-state index in [1.165, 1.54) is 12.8 Å². The molecule has 0 aliphatic carbocycles. The van der Waals surface area contributed by atoms with Gasteiger partial charge in [0.1, 0.15) is 12.1 Å². The van der Waals surface area contributed by atoms with Crippen LogP contribution < -0.4 is 10.6 Å². The van der Waals surface area contributed by atoms with Crippen molar-refractivity contribution in [3.63, 3.8) is 0 Å². The van der Waals surface area contributed by atoms with Crippen molar-refractivity contribution in [3.8, 4) is 0 Å². The minimum Gasteiger partial charge on any atom is -0.399 e. The van der Waals surface area contributed by atoms with Crippen molar-refractivity contribution in [3.05, 3.63) is 24.5 Å². The maximum Gasteiger partial charge on any atom is 0.140 e. The fourth-order valence-electron chi connectivity index (χ4n) is 2.83. The summed E-state index contributed by atoms with van der Waals surface area (Å²) >= 11 is 0. The van der Waals surface area contributed by atoms with E-state index in [0.29, 0.717) is 6.04 Å². The van der Waals surface area contributed by atoms with Crippen molar-refractivity contribution in [1.29, 1.82) is 0 Å². The van der Waals surface area contributed by atoms with Gasteiger partial charge in [-0.15, -0.1) is 0 Å². The summed E-state index contributed by atoms with van der Waals surface area (Å²) in [5.41, 5.74) is 7.62. The third-order valence-corrected chi connectivity index (χ3v) is 3.76. The zero-order valence-electron chi connectivity index (χ0n) is 10.6. The third kappa shape index (κ3) is 1.78. The Balaban J connectivity index is 2.13. The van der Waals surface area contributed by atoms with Gasteiger partial charge in [-0.2, -0.15) is 0 Å². The van der Waals surface area contributed by atoms with Crippen LogP contribution in [0.5, 0.6) is 0 Å². The number of nitrogens with two attached hydrogens (primary N) is 1. The largest absolute Gasteiger partial charge is 0.399 e. The second kappa shape index (κ2) is 4.44. The van der Waals surface area contributed by atoms with Gasteiger partial charge in [0.05, 0.1) is 5.52 Å². The molecule has 0 saturated carbocycles. The molecule has 2 heterocycles. The van der Waals surface area contributed by atoms with Crippen molar-refractivity contribution in [1.82, 2.24) is 9.97 Å². The summed E-state index contributed by atoms with van der Waals surface area (Å²) in [5, 5.41) is 1.07. The van der Waals surface area contributed by atoms with Crippen molar-refractivity contribution in [2.75, 3.05) is 17.2 Å². The molecular weight excluding hydrogens is 224 g/mol. The highest BCUT2D eigenvalue weighted by molar-refractivity contribution is 5.91. The first kappa shape index (κ1) is 11.3. The van der Waals surface area contributed by atoms with E-state index in [9.17, 15) is 0 Å². The van der Waals surface area contributed by atoms with Crippen LogP contribution in [-0.2, 0) is 0 Å². The normalized spacial score (nSPS) is 19.6. The van der Waals surface area contributed by atoms with Gasteiger partial charge < -0.3 is 10.6 Å². The molecule has 2 aromatic rings. The summed E-state index contributed by atoms with van der Waals surface area (Å²) in [6.45, 7) is 3.32. The van der Waals surface area contributed by atoms with Crippen LogP contribution in [0.25, 0.3) is 10.9 Å². The number of nitrogen functional groups attached to an aromatic ring is 1. The van der Waals surface area contributed by atoms with Crippen molar-refractivity contribution < 1.29 is 0 Å². The highest BCUT2D eigenvalue weighted by Crippen LogP contribution is 2.31. The molecule has 1 atom stereocenters. The first-order valence-electron chi connectivity index (χ1n) is 6.56. The second-order valence-electron chi connectivity index (χ2n) is 4.87. The molecule has 94 valence electrons. The predicted molar refractivity (Wildman–Crippen MR) is 74.6 cm³/mol. The van der Waals surface area contributed by atoms with Gasteiger partial charge in [-0.1, -0.05) is 6.92 Å². The second-order valence-corrected chi connectivity index (χ2v) is 4.87. The van der Waals surface area contributed by atoms with E-state index < -0.39 is 0 Å². The predicted octanol–water partition coefficient (Wildman–Crippen LogP) is 2.59. The lowest BCUT2D eigenvalue weighted by Gasteiger charge is -2.25. The number of anilines is 2. The van der Waals surface area contributed by atoms with Gasteiger partial charge in [0.15, 0.2) is 0 Å². The maximum atomic E-state index is 5.88. The standard InChI is InChI=1S/C14H18N4/c1-2-11-4-3-7-18(11)14-12-8-10(15)5-6-13(12)16-9-17-14/h5-6,8-9,11H,2-4,7,15H2,1H3. The summed E-state index contributed by atoms with van der Waals surface area (Å²) < 4.78 is 0. The summed E-state index contributed by atoms with van der Waals surface area (Å²) in [6.07, 6.45) is 5.31. The Hall–Kier alpha value is -1.84. The molecule has 1 aliphatic rings. The van der Waals surface area contributed by atoms with Gasteiger partial charge in [0.25, 0.3) is 0 Å². The van der Waals surface area contributed by atoms with Gasteiger partial charge in [-0.3, -0.25) is 0 Å². The van der Waals surface area contributed by atoms with E-state index in [4.69, 9.17) is 5.73 Å². The lowest BCUT2D eigenvalue weighted by Crippen LogP contribution is -2.29. The van der Waals surface area contributed by atoms with Gasteiger partial charge in [-0.05, 0) is 37.5 Å². The Kier molecular flexibility index (Phi) is 2.78. The Morgan fingerprint density at radius 2 is 2.28 bits per heavy atom. The van der Waals surface area contributed by atoms with Gasteiger partial charge in [0.2, 0.25) is 0 Å². The maximum absolute atomic E-state index is 5.88. The number of nitrogens with zero attached hydrogens (tertiary/aromatic N) is 3. The zero-order chi connectivity index (χ0) is 12.5. The zero-order valence-corrected chi connectivity index (χ0v) is 10.6. The molecule has 1 unspecified atom stereocenters. The van der Waals surface area contributed by atoms with Crippen LogP contribution in [-0.4, -0.2) is 22.6 Å². The molecule has 4 nitrogen and oxygen atoms in total. The van der Waals surface area contributed by atoms with Crippen LogP contribution in [0, 0.1) is 0 Å². The van der Waals surface area contributed by atoms with Gasteiger partial charge in [0, 0.05) is 23.7 Å². The summed E-state index contributed by atoms with van der Waals surface area (Å²) in [7, 11) is 0. The van der Waals surface area contributed by atoms with Crippen LogP contribution in [0.2, 0.25) is 0 Å². The monoisotopic (exact) mass is 242 g/mol. The molecule has 3 rings (SSSR count). The number of rotatable bonds is 2. The first-order valence-corrected chi connectivity index (χ1v) is 6.56. The molecule has 1 saturated heterocycles. The Morgan fingerprint density at radius 3 is 3.11 bits per heavy atom. The minimum atomic E-state index is 0.601. The average molecular weight is 242 g/mol. The average Bonchev–Trinajstić information content (AvgIpc) is 2.86. The van der Waals surface area contributed by atoms with E-state index in [0.717, 1.165) is 35.4 Å². The fraction of sp³-hybridized carbons (Fsp3) is 0.429. The fourth-order valence-corrected chi connectivity index (χ4v) is 2.83. The van der Waals surface area contributed by atoms with Crippen LogP contribution in [0.3, 0.4) is 0 Å². The summed E-state index contributed by atoms with van der Waals surface area (Å²) in [5.74, 6) is 1.04. The number of benzene rings is 1. The molecule has 0 radical (unpaired) electrons. The number of hydrogen-bond acceptors (Lipinski definition) is 4. The molecule has 2 N–H and O–H groups in total. The Labute approximate surface area is 107 Å². The molecule has 1 aromatic heterocycles. The van der Waals surface area contributed by atoms with E-state index in [1.54, 1.807) is 6.33 Å². The van der Waals surface area contributed by atoms with E-state index in [2.05, 4.69) is 21.8 Å². The molecule has 0 amide bonds. The smallest absolute Gasteiger partial charge is 0.140 e. The highest BCUT2D eigenvalue weighted by Gasteiger charge is 2.25. The van der Waals surface area contributed by atoms with E-state index in [-0.39, 0.29) is 0 Å². The molecule has 1 aromatic carbocycles. The molecule has 1 fully saturated rings. The Morgan fingerprint density at radius 1 is 1.39 bits per heavy atom. The first-order chi connectivity index (χ1) is 8.79. The van der Waals surface area contributed by atoms with Gasteiger partial charge >= 0.3 is 0 Å². The lowest BCUT2D eigenvalue weighted by atomic mass is 10.1. The van der Waals surface area contributed by atoms with E-state index in [1.807, 2.05) is 18.2 Å². The summed E-state index contributed by atoms with van der Waals surface area (Å²) in [6, 6.07) is 6.44. The third-order valence-electron chi connectivity index (χ3n) is 3.76. The highest BCUT2D eigenvalue weighted by atomic mass is 15.2. The molecule has 18 heavy (non-hydrogen) atoms. The van der Waals surface area contributed by atoms with Crippen molar-refractivity contribution in [2.45, 2.75) is 32.2 Å². The lowest BCUT2D eigenvalue weighted by molar-refractivity contribution is 0.642. The van der Waals surface area contributed by atoms with E-state index >= 15 is 0 Å². The van der Waals surface area contributed by atoms with Crippen LogP contribution in [0.15, 0.2) is 24.5 Å². The molecular formula is C14H18N4. The number of fused-ring (bicyclic) bond motifs is 1.